The van der Waals surface area contributed by atoms with E-state index in [0.29, 0.717) is 36.6 Å². The minimum atomic E-state index is -0.689. The topological polar surface area (TPSA) is 144 Å². The lowest BCUT2D eigenvalue weighted by Crippen LogP contribution is -2.36. The highest BCUT2D eigenvalue weighted by Gasteiger charge is 2.28. The van der Waals surface area contributed by atoms with Gasteiger partial charge >= 0.3 is 5.97 Å². The van der Waals surface area contributed by atoms with Crippen LogP contribution in [-0.2, 0) is 11.3 Å². The zero-order chi connectivity index (χ0) is 17.3. The van der Waals surface area contributed by atoms with Gasteiger partial charge in [0.15, 0.2) is 17.0 Å². The Bertz CT molecular complexity index is 759. The van der Waals surface area contributed by atoms with E-state index in [2.05, 4.69) is 24.8 Å². The van der Waals surface area contributed by atoms with Crippen LogP contribution in [0.1, 0.15) is 31.4 Å². The van der Waals surface area contributed by atoms with Gasteiger partial charge in [0, 0.05) is 12.6 Å². The molecule has 2 heterocycles. The summed E-state index contributed by atoms with van der Waals surface area (Å²) in [5, 5.41) is 9.08. The van der Waals surface area contributed by atoms with Gasteiger partial charge < -0.3 is 16.6 Å². The van der Waals surface area contributed by atoms with E-state index < -0.39 is 5.97 Å². The van der Waals surface area contributed by atoms with Gasteiger partial charge in [-0.15, -0.1) is 0 Å². The molecule has 24 heavy (non-hydrogen) atoms. The van der Waals surface area contributed by atoms with Crippen LogP contribution in [0.15, 0.2) is 6.20 Å². The van der Waals surface area contributed by atoms with Gasteiger partial charge in [0.05, 0.1) is 17.8 Å². The molecule has 2 aromatic heterocycles. The maximum atomic E-state index is 11.0. The summed E-state index contributed by atoms with van der Waals surface area (Å²) >= 11 is 0. The van der Waals surface area contributed by atoms with Crippen LogP contribution in [-0.4, -0.2) is 49.0 Å². The molecule has 0 unspecified atom stereocenters. The number of rotatable bonds is 4. The quantitative estimate of drug-likeness (QED) is 0.735. The van der Waals surface area contributed by atoms with E-state index in [9.17, 15) is 4.79 Å². The van der Waals surface area contributed by atoms with E-state index in [-0.39, 0.29) is 17.7 Å². The van der Waals surface area contributed by atoms with Crippen LogP contribution in [0.3, 0.4) is 0 Å². The van der Waals surface area contributed by atoms with Gasteiger partial charge in [0.25, 0.3) is 0 Å². The zero-order valence-electron chi connectivity index (χ0n) is 13.5. The molecular formula is C15H21N7O2. The van der Waals surface area contributed by atoms with E-state index in [0.717, 1.165) is 18.5 Å². The highest BCUT2D eigenvalue weighted by Crippen LogP contribution is 2.28. The molecule has 1 aliphatic rings. The predicted octanol–water partition coefficient (Wildman–Crippen LogP) is 0.659. The largest absolute Gasteiger partial charge is 0.481 e. The Balaban J connectivity index is 1.70. The molecule has 0 spiro atoms. The lowest BCUT2D eigenvalue weighted by Gasteiger charge is -2.33. The van der Waals surface area contributed by atoms with E-state index in [4.69, 9.17) is 16.6 Å². The van der Waals surface area contributed by atoms with E-state index in [1.807, 2.05) is 7.05 Å². The number of carbonyl (C=O) groups is 1. The Morgan fingerprint density at radius 1 is 1.25 bits per heavy atom. The van der Waals surface area contributed by atoms with Gasteiger partial charge in [-0.3, -0.25) is 9.69 Å². The third kappa shape index (κ3) is 3.35. The molecule has 0 radical (unpaired) electrons. The lowest BCUT2D eigenvalue weighted by molar-refractivity contribution is -0.143. The highest BCUT2D eigenvalue weighted by molar-refractivity contribution is 5.81. The van der Waals surface area contributed by atoms with Crippen molar-refractivity contribution in [3.8, 4) is 0 Å². The van der Waals surface area contributed by atoms with Crippen molar-refractivity contribution in [2.75, 3.05) is 18.5 Å². The molecule has 0 aliphatic heterocycles. The Kier molecular flexibility index (Phi) is 4.43. The Hall–Kier alpha value is -2.55. The number of nitrogens with two attached hydrogens (primary N) is 2. The van der Waals surface area contributed by atoms with Crippen LogP contribution in [0.5, 0.6) is 0 Å². The summed E-state index contributed by atoms with van der Waals surface area (Å²) in [5.74, 6) is -0.602. The molecule has 0 aromatic carbocycles. The van der Waals surface area contributed by atoms with Gasteiger partial charge in [0.1, 0.15) is 0 Å². The third-order valence-electron chi connectivity index (χ3n) is 4.58. The first kappa shape index (κ1) is 16.3. The first-order valence-electron chi connectivity index (χ1n) is 7.91. The molecule has 0 atom stereocenters. The second-order valence-electron chi connectivity index (χ2n) is 6.26. The summed E-state index contributed by atoms with van der Waals surface area (Å²) in [7, 11) is 2.01. The number of hydrogen-bond acceptors (Lipinski definition) is 8. The first-order chi connectivity index (χ1) is 11.4. The Morgan fingerprint density at radius 2 is 1.96 bits per heavy atom. The molecule has 0 amide bonds. The number of carboxylic acids is 1. The summed E-state index contributed by atoms with van der Waals surface area (Å²) in [6.07, 6.45) is 4.84. The van der Waals surface area contributed by atoms with Gasteiger partial charge in [0.2, 0.25) is 5.95 Å². The normalized spacial score (nSPS) is 21.2. The number of nitrogen functional groups attached to an aromatic ring is 2. The monoisotopic (exact) mass is 331 g/mol. The fraction of sp³-hybridized carbons (Fsp3) is 0.533. The maximum Gasteiger partial charge on any atom is 0.306 e. The van der Waals surface area contributed by atoms with Crippen LogP contribution in [0.4, 0.5) is 11.8 Å². The molecular weight excluding hydrogens is 310 g/mol. The molecule has 5 N–H and O–H groups in total. The summed E-state index contributed by atoms with van der Waals surface area (Å²) in [5.41, 5.74) is 13.0. The molecule has 9 nitrogen and oxygen atoms in total. The molecule has 1 aliphatic carbocycles. The Morgan fingerprint density at radius 3 is 2.62 bits per heavy atom. The first-order valence-corrected chi connectivity index (χ1v) is 7.91. The van der Waals surface area contributed by atoms with Crippen LogP contribution >= 0.6 is 0 Å². The zero-order valence-corrected chi connectivity index (χ0v) is 13.5. The van der Waals surface area contributed by atoms with E-state index >= 15 is 0 Å². The van der Waals surface area contributed by atoms with Crippen molar-refractivity contribution in [2.24, 2.45) is 5.92 Å². The summed E-state index contributed by atoms with van der Waals surface area (Å²) < 4.78 is 0. The number of aromatic nitrogens is 4. The molecule has 0 bridgehead atoms. The second kappa shape index (κ2) is 6.52. The van der Waals surface area contributed by atoms with Crippen LogP contribution in [0, 0.1) is 5.92 Å². The fourth-order valence-electron chi connectivity index (χ4n) is 3.21. The van der Waals surface area contributed by atoms with Gasteiger partial charge in [-0.1, -0.05) is 0 Å². The summed E-state index contributed by atoms with van der Waals surface area (Å²) in [4.78, 5) is 29.9. The number of nitrogens with zero attached hydrogens (tertiary/aromatic N) is 5. The van der Waals surface area contributed by atoms with Crippen molar-refractivity contribution in [3.05, 3.63) is 11.9 Å². The second-order valence-corrected chi connectivity index (χ2v) is 6.26. The number of aliphatic carboxylic acids is 1. The summed E-state index contributed by atoms with van der Waals surface area (Å²) in [6, 6.07) is 0.345. The smallest absolute Gasteiger partial charge is 0.306 e. The van der Waals surface area contributed by atoms with Crippen molar-refractivity contribution in [1.29, 1.82) is 0 Å². The van der Waals surface area contributed by atoms with Crippen molar-refractivity contribution in [2.45, 2.75) is 38.3 Å². The van der Waals surface area contributed by atoms with Crippen molar-refractivity contribution < 1.29 is 9.90 Å². The minimum absolute atomic E-state index is 0.0781. The lowest BCUT2D eigenvalue weighted by atomic mass is 9.85. The van der Waals surface area contributed by atoms with Gasteiger partial charge in [-0.05, 0) is 32.7 Å². The average molecular weight is 331 g/mol. The molecule has 2 aromatic rings. The molecule has 128 valence electrons. The van der Waals surface area contributed by atoms with Crippen molar-refractivity contribution >= 4 is 28.9 Å². The van der Waals surface area contributed by atoms with Crippen LogP contribution in [0.2, 0.25) is 0 Å². The van der Waals surface area contributed by atoms with Crippen molar-refractivity contribution in [3.63, 3.8) is 0 Å². The standard InChI is InChI=1S/C15H21N7O2/c1-22(10-4-2-8(3-5-10)14(23)24)7-9-6-18-13-11(19-9)12(16)20-15(17)21-13/h6,8,10H,2-5,7H2,1H3,(H,23,24)(H4,16,17,18,20,21). The molecule has 3 rings (SSSR count). The van der Waals surface area contributed by atoms with Crippen molar-refractivity contribution in [1.82, 2.24) is 24.8 Å². The Labute approximate surface area is 139 Å². The predicted molar refractivity (Wildman–Crippen MR) is 88.8 cm³/mol. The molecule has 1 fully saturated rings. The number of carboxylic acid groups (broad SMARTS) is 1. The number of hydrogen-bond donors (Lipinski definition) is 3. The van der Waals surface area contributed by atoms with Crippen LogP contribution < -0.4 is 11.5 Å². The van der Waals surface area contributed by atoms with E-state index in [1.54, 1.807) is 6.20 Å². The molecule has 1 saturated carbocycles. The van der Waals surface area contributed by atoms with Gasteiger partial charge in [-0.2, -0.15) is 9.97 Å². The third-order valence-corrected chi connectivity index (χ3v) is 4.58. The average Bonchev–Trinajstić information content (AvgIpc) is 2.55. The minimum Gasteiger partial charge on any atom is -0.481 e. The summed E-state index contributed by atoms with van der Waals surface area (Å²) in [6.45, 7) is 0.606. The number of anilines is 2. The maximum absolute atomic E-state index is 11.0. The highest BCUT2D eigenvalue weighted by atomic mass is 16.4. The SMILES string of the molecule is CN(Cc1cnc2nc(N)nc(N)c2n1)C1CCC(C(=O)O)CC1. The fourth-order valence-corrected chi connectivity index (χ4v) is 3.21. The van der Waals surface area contributed by atoms with Gasteiger partial charge in [-0.25, -0.2) is 9.97 Å². The number of fused-ring (bicyclic) bond motifs is 1. The molecule has 0 saturated heterocycles. The van der Waals surface area contributed by atoms with E-state index in [1.165, 1.54) is 0 Å². The molecule has 9 heteroatoms. The van der Waals surface area contributed by atoms with Crippen LogP contribution in [0.25, 0.3) is 11.2 Å².